The molecule has 0 spiro atoms. The molecular weight excluding hydrogens is 306 g/mol. The number of imidazole rings is 1. The molecule has 0 aliphatic carbocycles. The standard InChI is InChI=1S/C17H25N5O2/c1-2-16-18-7-11-20(16)10-5-17(23)21-8-4-12-24-15(13-21)14-22-9-3-6-19-22/h3,6-7,9,11,15H,2,4-5,8,10,12-14H2,1H3/t15-/m0/s1. The number of hydrogen-bond acceptors (Lipinski definition) is 4. The van der Waals surface area contributed by atoms with E-state index in [9.17, 15) is 4.79 Å². The van der Waals surface area contributed by atoms with Gasteiger partial charge >= 0.3 is 0 Å². The van der Waals surface area contributed by atoms with Crippen molar-refractivity contribution in [1.82, 2.24) is 24.2 Å². The lowest BCUT2D eigenvalue weighted by Gasteiger charge is -2.24. The predicted molar refractivity (Wildman–Crippen MR) is 89.4 cm³/mol. The van der Waals surface area contributed by atoms with Crippen LogP contribution in [0.2, 0.25) is 0 Å². The van der Waals surface area contributed by atoms with E-state index in [-0.39, 0.29) is 12.0 Å². The average Bonchev–Trinajstić information content (AvgIpc) is 3.20. The minimum atomic E-state index is -0.00389. The van der Waals surface area contributed by atoms with Gasteiger partial charge in [-0.25, -0.2) is 4.98 Å². The highest BCUT2D eigenvalue weighted by molar-refractivity contribution is 5.76. The van der Waals surface area contributed by atoms with Crippen molar-refractivity contribution in [2.75, 3.05) is 19.7 Å². The summed E-state index contributed by atoms with van der Waals surface area (Å²) in [5, 5.41) is 4.22. The summed E-state index contributed by atoms with van der Waals surface area (Å²) < 4.78 is 9.80. The molecule has 2 aromatic rings. The molecular formula is C17H25N5O2. The number of aryl methyl sites for hydroxylation is 2. The van der Waals surface area contributed by atoms with Gasteiger partial charge in [-0.3, -0.25) is 9.48 Å². The summed E-state index contributed by atoms with van der Waals surface area (Å²) >= 11 is 0. The van der Waals surface area contributed by atoms with E-state index < -0.39 is 0 Å². The molecule has 0 bridgehead atoms. The van der Waals surface area contributed by atoms with Gasteiger partial charge in [0.2, 0.25) is 5.91 Å². The molecule has 0 saturated carbocycles. The summed E-state index contributed by atoms with van der Waals surface area (Å²) in [6.07, 6.45) is 9.68. The summed E-state index contributed by atoms with van der Waals surface area (Å²) in [6, 6.07) is 1.90. The van der Waals surface area contributed by atoms with Crippen molar-refractivity contribution < 1.29 is 9.53 Å². The Hall–Kier alpha value is -2.15. The molecule has 7 heteroatoms. The third-order valence-corrected chi connectivity index (χ3v) is 4.34. The van der Waals surface area contributed by atoms with Crippen LogP contribution in [0.3, 0.4) is 0 Å². The average molecular weight is 331 g/mol. The first-order chi connectivity index (χ1) is 11.8. The topological polar surface area (TPSA) is 65.2 Å². The SMILES string of the molecule is CCc1nccn1CCC(=O)N1CCCO[C@H](Cn2cccn2)C1. The fourth-order valence-electron chi connectivity index (χ4n) is 3.08. The van der Waals surface area contributed by atoms with Crippen LogP contribution in [-0.2, 0) is 29.0 Å². The Labute approximate surface area is 142 Å². The third kappa shape index (κ3) is 4.23. The summed E-state index contributed by atoms with van der Waals surface area (Å²) in [6.45, 7) is 5.52. The van der Waals surface area contributed by atoms with E-state index in [1.807, 2.05) is 28.0 Å². The molecule has 0 radical (unpaired) electrons. The second-order valence-electron chi connectivity index (χ2n) is 6.05. The van der Waals surface area contributed by atoms with E-state index in [0.717, 1.165) is 25.2 Å². The second-order valence-corrected chi connectivity index (χ2v) is 6.05. The zero-order chi connectivity index (χ0) is 16.8. The number of aromatic nitrogens is 4. The summed E-state index contributed by atoms with van der Waals surface area (Å²) in [5.41, 5.74) is 0. The predicted octanol–water partition coefficient (Wildman–Crippen LogP) is 1.35. The van der Waals surface area contributed by atoms with E-state index in [4.69, 9.17) is 4.74 Å². The van der Waals surface area contributed by atoms with E-state index in [1.165, 1.54) is 0 Å². The van der Waals surface area contributed by atoms with Gasteiger partial charge in [0.15, 0.2) is 0 Å². The molecule has 24 heavy (non-hydrogen) atoms. The lowest BCUT2D eigenvalue weighted by atomic mass is 10.2. The molecule has 1 aliphatic heterocycles. The number of hydrogen-bond donors (Lipinski definition) is 0. The molecule has 1 atom stereocenters. The molecule has 2 aromatic heterocycles. The van der Waals surface area contributed by atoms with Crippen molar-refractivity contribution in [3.05, 3.63) is 36.7 Å². The lowest BCUT2D eigenvalue weighted by Crippen LogP contribution is -2.38. The Kier molecular flexibility index (Phi) is 5.63. The van der Waals surface area contributed by atoms with Crippen molar-refractivity contribution in [3.63, 3.8) is 0 Å². The van der Waals surface area contributed by atoms with Crippen LogP contribution in [0.1, 0.15) is 25.6 Å². The van der Waals surface area contributed by atoms with Gasteiger partial charge in [0.25, 0.3) is 0 Å². The van der Waals surface area contributed by atoms with E-state index in [2.05, 4.69) is 21.6 Å². The molecule has 1 fully saturated rings. The first kappa shape index (κ1) is 16.7. The number of rotatable bonds is 6. The number of carbonyl (C=O) groups is 1. The minimum absolute atomic E-state index is 0.00389. The Morgan fingerprint density at radius 2 is 2.29 bits per heavy atom. The Bertz CT molecular complexity index is 637. The Balaban J connectivity index is 1.54. The zero-order valence-electron chi connectivity index (χ0n) is 14.2. The molecule has 3 rings (SSSR count). The molecule has 7 nitrogen and oxygen atoms in total. The normalized spacial score (nSPS) is 18.5. The molecule has 3 heterocycles. The van der Waals surface area contributed by atoms with Gasteiger partial charge < -0.3 is 14.2 Å². The molecule has 1 amide bonds. The highest BCUT2D eigenvalue weighted by atomic mass is 16.5. The van der Waals surface area contributed by atoms with Crippen molar-refractivity contribution >= 4 is 5.91 Å². The van der Waals surface area contributed by atoms with Crippen LogP contribution in [0.15, 0.2) is 30.9 Å². The number of amides is 1. The molecule has 1 aliphatic rings. The quantitative estimate of drug-likeness (QED) is 0.801. The van der Waals surface area contributed by atoms with Crippen LogP contribution >= 0.6 is 0 Å². The summed E-state index contributed by atoms with van der Waals surface area (Å²) in [7, 11) is 0. The van der Waals surface area contributed by atoms with Crippen LogP contribution in [0.4, 0.5) is 0 Å². The lowest BCUT2D eigenvalue weighted by molar-refractivity contribution is -0.132. The molecule has 1 saturated heterocycles. The maximum atomic E-state index is 12.6. The second kappa shape index (κ2) is 8.10. The molecule has 0 aromatic carbocycles. The monoisotopic (exact) mass is 331 g/mol. The van der Waals surface area contributed by atoms with Crippen LogP contribution < -0.4 is 0 Å². The van der Waals surface area contributed by atoms with Gasteiger partial charge in [-0.1, -0.05) is 6.92 Å². The van der Waals surface area contributed by atoms with Gasteiger partial charge in [0, 0.05) is 63.9 Å². The van der Waals surface area contributed by atoms with E-state index in [1.54, 1.807) is 12.4 Å². The maximum Gasteiger partial charge on any atom is 0.224 e. The van der Waals surface area contributed by atoms with E-state index >= 15 is 0 Å². The summed E-state index contributed by atoms with van der Waals surface area (Å²) in [4.78, 5) is 18.8. The van der Waals surface area contributed by atoms with Crippen molar-refractivity contribution in [2.24, 2.45) is 0 Å². The fourth-order valence-corrected chi connectivity index (χ4v) is 3.08. The van der Waals surface area contributed by atoms with Crippen molar-refractivity contribution in [2.45, 2.75) is 45.4 Å². The van der Waals surface area contributed by atoms with Crippen molar-refractivity contribution in [1.29, 1.82) is 0 Å². The Morgan fingerprint density at radius 1 is 1.38 bits per heavy atom. The van der Waals surface area contributed by atoms with Gasteiger partial charge in [-0.05, 0) is 12.5 Å². The molecule has 130 valence electrons. The van der Waals surface area contributed by atoms with Crippen LogP contribution in [0, 0.1) is 0 Å². The number of ether oxygens (including phenoxy) is 1. The fraction of sp³-hybridized carbons (Fsp3) is 0.588. The minimum Gasteiger partial charge on any atom is -0.374 e. The van der Waals surface area contributed by atoms with Gasteiger partial charge in [-0.2, -0.15) is 5.10 Å². The largest absolute Gasteiger partial charge is 0.374 e. The van der Waals surface area contributed by atoms with Gasteiger partial charge in [0.1, 0.15) is 5.82 Å². The zero-order valence-corrected chi connectivity index (χ0v) is 14.2. The number of carbonyl (C=O) groups excluding carboxylic acids is 1. The first-order valence-corrected chi connectivity index (χ1v) is 8.63. The van der Waals surface area contributed by atoms with Crippen molar-refractivity contribution in [3.8, 4) is 0 Å². The highest BCUT2D eigenvalue weighted by Gasteiger charge is 2.23. The van der Waals surface area contributed by atoms with Crippen LogP contribution in [-0.4, -0.2) is 55.9 Å². The first-order valence-electron chi connectivity index (χ1n) is 8.63. The van der Waals surface area contributed by atoms with Crippen LogP contribution in [0.5, 0.6) is 0 Å². The maximum absolute atomic E-state index is 12.6. The Morgan fingerprint density at radius 3 is 3.08 bits per heavy atom. The summed E-state index contributed by atoms with van der Waals surface area (Å²) in [5.74, 6) is 1.21. The molecule has 0 N–H and O–H groups in total. The third-order valence-electron chi connectivity index (χ3n) is 4.34. The smallest absolute Gasteiger partial charge is 0.224 e. The number of nitrogens with zero attached hydrogens (tertiary/aromatic N) is 5. The van der Waals surface area contributed by atoms with Gasteiger partial charge in [-0.15, -0.1) is 0 Å². The van der Waals surface area contributed by atoms with Crippen LogP contribution in [0.25, 0.3) is 0 Å². The van der Waals surface area contributed by atoms with E-state index in [0.29, 0.717) is 32.7 Å². The highest BCUT2D eigenvalue weighted by Crippen LogP contribution is 2.10. The molecule has 0 unspecified atom stereocenters. The van der Waals surface area contributed by atoms with Gasteiger partial charge in [0.05, 0.1) is 12.6 Å².